The van der Waals surface area contributed by atoms with E-state index in [1.165, 1.54) is 0 Å². The summed E-state index contributed by atoms with van der Waals surface area (Å²) in [5.41, 5.74) is 1.65. The Labute approximate surface area is 157 Å². The summed E-state index contributed by atoms with van der Waals surface area (Å²) in [6, 6.07) is 12.9. The number of methoxy groups -OCH3 is 1. The second kappa shape index (κ2) is 7.85. The van der Waals surface area contributed by atoms with Gasteiger partial charge in [-0.05, 0) is 36.4 Å². The molecule has 0 aliphatic carbocycles. The van der Waals surface area contributed by atoms with Gasteiger partial charge in [0.15, 0.2) is 0 Å². The van der Waals surface area contributed by atoms with Crippen molar-refractivity contribution in [1.82, 2.24) is 4.90 Å². The molecule has 1 saturated heterocycles. The number of piperazine rings is 1. The topological polar surface area (TPSA) is 44.8 Å². The Kier molecular flexibility index (Phi) is 5.56. The summed E-state index contributed by atoms with van der Waals surface area (Å²) in [5.74, 6) is 0.833. The molecular formula is C18H19Cl2N3O2. The zero-order valence-electron chi connectivity index (χ0n) is 13.8. The van der Waals surface area contributed by atoms with Crippen LogP contribution in [0.25, 0.3) is 0 Å². The molecule has 2 aromatic carbocycles. The smallest absolute Gasteiger partial charge is 0.322 e. The summed E-state index contributed by atoms with van der Waals surface area (Å²) in [6.07, 6.45) is 0. The third-order valence-electron chi connectivity index (χ3n) is 4.20. The van der Waals surface area contributed by atoms with E-state index in [-0.39, 0.29) is 6.03 Å². The van der Waals surface area contributed by atoms with Gasteiger partial charge >= 0.3 is 6.03 Å². The Bertz CT molecular complexity index is 744. The van der Waals surface area contributed by atoms with Crippen LogP contribution in [0, 0.1) is 0 Å². The SMILES string of the molecule is COc1ccc(N2CCN(C(=O)Nc3cccc(Cl)c3Cl)CC2)cc1. The fourth-order valence-electron chi connectivity index (χ4n) is 2.76. The molecule has 1 fully saturated rings. The van der Waals surface area contributed by atoms with Crippen molar-refractivity contribution in [2.24, 2.45) is 0 Å². The predicted molar refractivity (Wildman–Crippen MR) is 102 cm³/mol. The molecule has 0 aromatic heterocycles. The molecule has 5 nitrogen and oxygen atoms in total. The zero-order chi connectivity index (χ0) is 17.8. The maximum atomic E-state index is 12.4. The number of hydrogen-bond donors (Lipinski definition) is 1. The highest BCUT2D eigenvalue weighted by Gasteiger charge is 2.22. The van der Waals surface area contributed by atoms with E-state index in [1.807, 2.05) is 24.3 Å². The van der Waals surface area contributed by atoms with Crippen LogP contribution in [0.15, 0.2) is 42.5 Å². The van der Waals surface area contributed by atoms with Crippen molar-refractivity contribution in [3.8, 4) is 5.75 Å². The van der Waals surface area contributed by atoms with E-state index in [1.54, 1.807) is 30.2 Å². The lowest BCUT2D eigenvalue weighted by Gasteiger charge is -2.36. The van der Waals surface area contributed by atoms with E-state index in [4.69, 9.17) is 27.9 Å². The maximum Gasteiger partial charge on any atom is 0.322 e. The van der Waals surface area contributed by atoms with Crippen LogP contribution in [0.1, 0.15) is 0 Å². The molecule has 1 aliphatic rings. The molecule has 0 bridgehead atoms. The Morgan fingerprint density at radius 3 is 2.36 bits per heavy atom. The summed E-state index contributed by atoms with van der Waals surface area (Å²) in [5, 5.41) is 3.60. The normalized spacial score (nSPS) is 14.4. The Morgan fingerprint density at radius 2 is 1.72 bits per heavy atom. The number of nitrogens with one attached hydrogen (secondary N) is 1. The molecule has 3 rings (SSSR count). The van der Waals surface area contributed by atoms with Gasteiger partial charge in [0.1, 0.15) is 5.75 Å². The molecule has 1 N–H and O–H groups in total. The van der Waals surface area contributed by atoms with Crippen LogP contribution in [0.2, 0.25) is 10.0 Å². The minimum absolute atomic E-state index is 0.168. The third-order valence-corrected chi connectivity index (χ3v) is 5.02. The first-order chi connectivity index (χ1) is 12.1. The van der Waals surface area contributed by atoms with Crippen molar-refractivity contribution in [2.75, 3.05) is 43.5 Å². The highest BCUT2D eigenvalue weighted by molar-refractivity contribution is 6.43. The number of hydrogen-bond acceptors (Lipinski definition) is 3. The van der Waals surface area contributed by atoms with Crippen LogP contribution >= 0.6 is 23.2 Å². The lowest BCUT2D eigenvalue weighted by Crippen LogP contribution is -2.50. The minimum Gasteiger partial charge on any atom is -0.497 e. The van der Waals surface area contributed by atoms with Gasteiger partial charge in [-0.1, -0.05) is 29.3 Å². The molecule has 0 atom stereocenters. The highest BCUT2D eigenvalue weighted by atomic mass is 35.5. The molecule has 1 aliphatic heterocycles. The second-order valence-corrected chi connectivity index (χ2v) is 6.49. The molecule has 1 heterocycles. The van der Waals surface area contributed by atoms with Gasteiger partial charge in [0.05, 0.1) is 22.8 Å². The van der Waals surface area contributed by atoms with Gasteiger partial charge in [-0.15, -0.1) is 0 Å². The number of amides is 2. The van der Waals surface area contributed by atoms with E-state index in [9.17, 15) is 4.79 Å². The quantitative estimate of drug-likeness (QED) is 0.861. The number of carbonyl (C=O) groups is 1. The number of carbonyl (C=O) groups excluding carboxylic acids is 1. The highest BCUT2D eigenvalue weighted by Crippen LogP contribution is 2.29. The number of rotatable bonds is 3. The first-order valence-electron chi connectivity index (χ1n) is 7.97. The molecule has 0 saturated carbocycles. The number of nitrogens with zero attached hydrogens (tertiary/aromatic N) is 2. The molecule has 2 aromatic rings. The standard InChI is InChI=1S/C18H19Cl2N3O2/c1-25-14-7-5-13(6-8-14)22-9-11-23(12-10-22)18(24)21-16-4-2-3-15(19)17(16)20/h2-8H,9-12H2,1H3,(H,21,24). The predicted octanol–water partition coefficient (Wildman–Crippen LogP) is 4.36. The van der Waals surface area contributed by atoms with E-state index < -0.39 is 0 Å². The van der Waals surface area contributed by atoms with Crippen LogP contribution in [-0.2, 0) is 0 Å². The molecule has 0 radical (unpaired) electrons. The second-order valence-electron chi connectivity index (χ2n) is 5.70. The summed E-state index contributed by atoms with van der Waals surface area (Å²) in [6.45, 7) is 2.80. The first kappa shape index (κ1) is 17.7. The van der Waals surface area contributed by atoms with Gasteiger partial charge < -0.3 is 19.9 Å². The minimum atomic E-state index is -0.168. The summed E-state index contributed by atoms with van der Waals surface area (Å²) >= 11 is 12.1. The third kappa shape index (κ3) is 4.11. The van der Waals surface area contributed by atoms with Gasteiger partial charge in [-0.3, -0.25) is 0 Å². The maximum absolute atomic E-state index is 12.4. The van der Waals surface area contributed by atoms with Gasteiger partial charge in [0.25, 0.3) is 0 Å². The number of anilines is 2. The summed E-state index contributed by atoms with van der Waals surface area (Å²) in [7, 11) is 1.65. The largest absolute Gasteiger partial charge is 0.497 e. The van der Waals surface area contributed by atoms with Crippen molar-refractivity contribution in [3.05, 3.63) is 52.5 Å². The Morgan fingerprint density at radius 1 is 1.04 bits per heavy atom. The van der Waals surface area contributed by atoms with Crippen molar-refractivity contribution < 1.29 is 9.53 Å². The van der Waals surface area contributed by atoms with Crippen LogP contribution in [0.3, 0.4) is 0 Å². The van der Waals surface area contributed by atoms with Crippen LogP contribution in [0.4, 0.5) is 16.2 Å². The molecule has 2 amide bonds. The average molecular weight is 380 g/mol. The van der Waals surface area contributed by atoms with Crippen LogP contribution in [0.5, 0.6) is 5.75 Å². The van der Waals surface area contributed by atoms with Gasteiger partial charge in [-0.2, -0.15) is 0 Å². The molecular weight excluding hydrogens is 361 g/mol. The van der Waals surface area contributed by atoms with E-state index in [0.29, 0.717) is 28.8 Å². The number of halogens is 2. The Hall–Kier alpha value is -2.11. The van der Waals surface area contributed by atoms with Crippen molar-refractivity contribution in [1.29, 1.82) is 0 Å². The van der Waals surface area contributed by atoms with E-state index >= 15 is 0 Å². The number of benzene rings is 2. The lowest BCUT2D eigenvalue weighted by molar-refractivity contribution is 0.208. The van der Waals surface area contributed by atoms with E-state index in [0.717, 1.165) is 24.5 Å². The van der Waals surface area contributed by atoms with Crippen molar-refractivity contribution >= 4 is 40.6 Å². The molecule has 0 spiro atoms. The fourth-order valence-corrected chi connectivity index (χ4v) is 3.10. The van der Waals surface area contributed by atoms with Gasteiger partial charge in [0, 0.05) is 31.9 Å². The molecule has 7 heteroatoms. The van der Waals surface area contributed by atoms with Gasteiger partial charge in [-0.25, -0.2) is 4.79 Å². The van der Waals surface area contributed by atoms with Crippen molar-refractivity contribution in [2.45, 2.75) is 0 Å². The number of ether oxygens (including phenoxy) is 1. The molecule has 0 unspecified atom stereocenters. The van der Waals surface area contributed by atoms with Crippen LogP contribution in [-0.4, -0.2) is 44.2 Å². The number of urea groups is 1. The van der Waals surface area contributed by atoms with E-state index in [2.05, 4.69) is 10.2 Å². The monoisotopic (exact) mass is 379 g/mol. The zero-order valence-corrected chi connectivity index (χ0v) is 15.3. The lowest BCUT2D eigenvalue weighted by atomic mass is 10.2. The van der Waals surface area contributed by atoms with Gasteiger partial charge in [0.2, 0.25) is 0 Å². The molecule has 25 heavy (non-hydrogen) atoms. The first-order valence-corrected chi connectivity index (χ1v) is 8.73. The summed E-state index contributed by atoms with van der Waals surface area (Å²) in [4.78, 5) is 16.5. The molecule has 132 valence electrons. The Balaban J connectivity index is 1.57. The average Bonchev–Trinajstić information content (AvgIpc) is 2.65. The fraction of sp³-hybridized carbons (Fsp3) is 0.278. The summed E-state index contributed by atoms with van der Waals surface area (Å²) < 4.78 is 5.18. The van der Waals surface area contributed by atoms with Crippen LogP contribution < -0.4 is 15.0 Å². The van der Waals surface area contributed by atoms with Crippen molar-refractivity contribution in [3.63, 3.8) is 0 Å².